The zero-order valence-corrected chi connectivity index (χ0v) is 16.1. The molecule has 2 fully saturated rings. The zero-order valence-electron chi connectivity index (χ0n) is 16.1. The molecule has 0 atom stereocenters. The van der Waals surface area contributed by atoms with Crippen LogP contribution in [0.25, 0.3) is 0 Å². The lowest BCUT2D eigenvalue weighted by Crippen LogP contribution is -2.32. The number of ether oxygens (including phenoxy) is 1. The molecular weight excluding hydrogens is 379 g/mol. The van der Waals surface area contributed by atoms with Crippen molar-refractivity contribution in [2.75, 3.05) is 6.61 Å². The number of hydrogen-bond acceptors (Lipinski definition) is 2. The fourth-order valence-electron chi connectivity index (χ4n) is 3.48. The van der Waals surface area contributed by atoms with Crippen molar-refractivity contribution >= 4 is 5.91 Å². The molecule has 0 aromatic heterocycles. The summed E-state index contributed by atoms with van der Waals surface area (Å²) in [6.07, 6.45) is 1.21. The minimum atomic E-state index is -4.40. The highest BCUT2D eigenvalue weighted by Crippen LogP contribution is 2.32. The molecule has 0 radical (unpaired) electrons. The maximum absolute atomic E-state index is 12.9. The number of halogens is 3. The fraction of sp³-hybridized carbons (Fsp3) is 0.435. The van der Waals surface area contributed by atoms with Crippen LogP contribution in [0.5, 0.6) is 5.75 Å². The molecule has 2 aliphatic rings. The highest BCUT2D eigenvalue weighted by Gasteiger charge is 2.34. The second-order valence-corrected chi connectivity index (χ2v) is 7.99. The third-order valence-electron chi connectivity index (χ3n) is 5.69. The van der Waals surface area contributed by atoms with Gasteiger partial charge in [-0.3, -0.25) is 4.79 Å². The van der Waals surface area contributed by atoms with E-state index in [1.54, 1.807) is 4.90 Å². The first-order valence-corrected chi connectivity index (χ1v) is 10.1. The van der Waals surface area contributed by atoms with Crippen LogP contribution in [0.1, 0.15) is 53.6 Å². The van der Waals surface area contributed by atoms with Crippen LogP contribution in [0, 0.1) is 5.92 Å². The van der Waals surface area contributed by atoms with Crippen molar-refractivity contribution in [3.05, 3.63) is 65.2 Å². The van der Waals surface area contributed by atoms with Gasteiger partial charge in [-0.1, -0.05) is 18.6 Å². The Morgan fingerprint density at radius 1 is 0.966 bits per heavy atom. The first kappa shape index (κ1) is 19.8. The van der Waals surface area contributed by atoms with Gasteiger partial charge in [0, 0.05) is 18.2 Å². The van der Waals surface area contributed by atoms with Gasteiger partial charge in [-0.05, 0) is 73.6 Å². The quantitative estimate of drug-likeness (QED) is 0.594. The van der Waals surface area contributed by atoms with Crippen LogP contribution in [0.3, 0.4) is 0 Å². The largest absolute Gasteiger partial charge is 0.493 e. The first-order chi connectivity index (χ1) is 13.9. The van der Waals surface area contributed by atoms with E-state index in [9.17, 15) is 18.0 Å². The lowest BCUT2D eigenvalue weighted by atomic mass is 9.86. The van der Waals surface area contributed by atoms with Gasteiger partial charge in [0.2, 0.25) is 0 Å². The van der Waals surface area contributed by atoms with Gasteiger partial charge >= 0.3 is 6.18 Å². The minimum absolute atomic E-state index is 0.152. The van der Waals surface area contributed by atoms with Crippen molar-refractivity contribution in [1.82, 2.24) is 4.90 Å². The summed E-state index contributed by atoms with van der Waals surface area (Å²) in [6, 6.07) is 12.3. The van der Waals surface area contributed by atoms with Crippen LogP contribution in [-0.4, -0.2) is 23.5 Å². The summed E-state index contributed by atoms with van der Waals surface area (Å²) >= 11 is 0. The molecule has 2 aliphatic carbocycles. The summed E-state index contributed by atoms with van der Waals surface area (Å²) in [4.78, 5) is 14.7. The van der Waals surface area contributed by atoms with Gasteiger partial charge in [0.15, 0.2) is 0 Å². The molecule has 4 rings (SSSR count). The Balaban J connectivity index is 1.40. The highest BCUT2D eigenvalue weighted by molar-refractivity contribution is 5.94. The summed E-state index contributed by atoms with van der Waals surface area (Å²) in [5, 5.41) is 0. The third kappa shape index (κ3) is 4.92. The van der Waals surface area contributed by atoms with Crippen LogP contribution >= 0.6 is 0 Å². The van der Waals surface area contributed by atoms with E-state index >= 15 is 0 Å². The summed E-state index contributed by atoms with van der Waals surface area (Å²) in [7, 11) is 0. The molecule has 2 saturated carbocycles. The van der Waals surface area contributed by atoms with Crippen molar-refractivity contribution in [3.8, 4) is 5.75 Å². The number of benzene rings is 2. The SMILES string of the molecule is O=C(c1ccc(C(F)(F)F)cc1)N(Cc1ccc(OCC2CCC2)cc1)C1CC1. The molecule has 0 unspecified atom stereocenters. The van der Waals surface area contributed by atoms with Crippen LogP contribution in [0.4, 0.5) is 13.2 Å². The van der Waals surface area contributed by atoms with Crippen molar-refractivity contribution < 1.29 is 22.7 Å². The molecule has 0 aliphatic heterocycles. The molecule has 0 heterocycles. The smallest absolute Gasteiger partial charge is 0.416 e. The number of nitrogens with zero attached hydrogens (tertiary/aromatic N) is 1. The molecule has 0 spiro atoms. The van der Waals surface area contributed by atoms with E-state index in [0.29, 0.717) is 12.5 Å². The monoisotopic (exact) mass is 403 g/mol. The predicted octanol–water partition coefficient (Wildman–Crippen LogP) is 5.69. The van der Waals surface area contributed by atoms with Crippen molar-refractivity contribution in [1.29, 1.82) is 0 Å². The summed E-state index contributed by atoms with van der Waals surface area (Å²) in [6.45, 7) is 1.19. The van der Waals surface area contributed by atoms with E-state index in [0.717, 1.165) is 42.9 Å². The van der Waals surface area contributed by atoms with E-state index in [1.165, 1.54) is 31.4 Å². The first-order valence-electron chi connectivity index (χ1n) is 10.1. The normalized spacial score (nSPS) is 16.9. The summed E-state index contributed by atoms with van der Waals surface area (Å²) in [5.41, 5.74) is 0.517. The average Bonchev–Trinajstić information content (AvgIpc) is 3.50. The van der Waals surface area contributed by atoms with Crippen LogP contribution in [0.2, 0.25) is 0 Å². The summed E-state index contributed by atoms with van der Waals surface area (Å²) < 4.78 is 44.1. The number of hydrogen-bond donors (Lipinski definition) is 0. The number of alkyl halides is 3. The fourth-order valence-corrected chi connectivity index (χ4v) is 3.48. The molecule has 2 aromatic rings. The molecule has 29 heavy (non-hydrogen) atoms. The van der Waals surface area contributed by atoms with E-state index in [4.69, 9.17) is 4.74 Å². The Morgan fingerprint density at radius 2 is 1.62 bits per heavy atom. The predicted molar refractivity (Wildman–Crippen MR) is 104 cm³/mol. The van der Waals surface area contributed by atoms with E-state index in [-0.39, 0.29) is 17.5 Å². The van der Waals surface area contributed by atoms with E-state index in [1.807, 2.05) is 24.3 Å². The Labute approximate surface area is 168 Å². The van der Waals surface area contributed by atoms with Gasteiger partial charge in [0.25, 0.3) is 5.91 Å². The highest BCUT2D eigenvalue weighted by atomic mass is 19.4. The molecule has 0 saturated heterocycles. The Morgan fingerprint density at radius 3 is 2.14 bits per heavy atom. The number of carbonyl (C=O) groups is 1. The third-order valence-corrected chi connectivity index (χ3v) is 5.69. The molecule has 154 valence electrons. The maximum Gasteiger partial charge on any atom is 0.416 e. The molecule has 3 nitrogen and oxygen atoms in total. The topological polar surface area (TPSA) is 29.5 Å². The molecule has 6 heteroatoms. The second kappa shape index (κ2) is 8.09. The Bertz CT molecular complexity index is 838. The molecule has 0 N–H and O–H groups in total. The van der Waals surface area contributed by atoms with E-state index in [2.05, 4.69) is 0 Å². The van der Waals surface area contributed by atoms with Crippen LogP contribution < -0.4 is 4.74 Å². The van der Waals surface area contributed by atoms with Gasteiger partial charge in [-0.2, -0.15) is 13.2 Å². The number of carbonyl (C=O) groups excluding carboxylic acids is 1. The number of amides is 1. The van der Waals surface area contributed by atoms with E-state index < -0.39 is 11.7 Å². The Hall–Kier alpha value is -2.50. The lowest BCUT2D eigenvalue weighted by Gasteiger charge is -2.25. The van der Waals surface area contributed by atoms with Crippen LogP contribution in [0.15, 0.2) is 48.5 Å². The van der Waals surface area contributed by atoms with Gasteiger partial charge in [0.05, 0.1) is 12.2 Å². The average molecular weight is 403 g/mol. The molecule has 1 amide bonds. The summed E-state index contributed by atoms with van der Waals surface area (Å²) in [5.74, 6) is 1.26. The van der Waals surface area contributed by atoms with Gasteiger partial charge < -0.3 is 9.64 Å². The van der Waals surface area contributed by atoms with Crippen molar-refractivity contribution in [2.45, 2.75) is 50.9 Å². The van der Waals surface area contributed by atoms with Crippen molar-refractivity contribution in [2.24, 2.45) is 5.92 Å². The van der Waals surface area contributed by atoms with Crippen LogP contribution in [-0.2, 0) is 12.7 Å². The second-order valence-electron chi connectivity index (χ2n) is 7.99. The Kier molecular flexibility index (Phi) is 5.52. The minimum Gasteiger partial charge on any atom is -0.493 e. The molecular formula is C23H24F3NO2. The van der Waals surface area contributed by atoms with Crippen molar-refractivity contribution in [3.63, 3.8) is 0 Å². The maximum atomic E-state index is 12.9. The lowest BCUT2D eigenvalue weighted by molar-refractivity contribution is -0.137. The molecule has 2 aromatic carbocycles. The van der Waals surface area contributed by atoms with Gasteiger partial charge in [0.1, 0.15) is 5.75 Å². The molecule has 0 bridgehead atoms. The zero-order chi connectivity index (χ0) is 20.4. The standard InChI is InChI=1S/C23H24F3NO2/c24-23(25,26)19-8-6-18(7-9-19)22(28)27(20-10-11-20)14-16-4-12-21(13-5-16)29-15-17-2-1-3-17/h4-9,12-13,17,20H,1-3,10-11,14-15H2. The van der Waals surface area contributed by atoms with Gasteiger partial charge in [-0.15, -0.1) is 0 Å². The number of rotatable bonds is 7. The van der Waals surface area contributed by atoms with Gasteiger partial charge in [-0.25, -0.2) is 0 Å².